The molecule has 3 rings (SSSR count). The normalized spacial score (nSPS) is 16.6. The number of piperazine rings is 1. The van der Waals surface area contributed by atoms with Gasteiger partial charge in [0.05, 0.1) is 0 Å². The minimum absolute atomic E-state index is 0. The molecule has 0 radical (unpaired) electrons. The zero-order valence-electron chi connectivity index (χ0n) is 13.5. The highest BCUT2D eigenvalue weighted by Crippen LogP contribution is 2.33. The van der Waals surface area contributed by atoms with Gasteiger partial charge in [0.15, 0.2) is 0 Å². The van der Waals surface area contributed by atoms with Gasteiger partial charge in [0.2, 0.25) is 0 Å². The van der Waals surface area contributed by atoms with Crippen LogP contribution >= 0.6 is 40.7 Å². The molecule has 6 heteroatoms. The van der Waals surface area contributed by atoms with Crippen LogP contribution in [-0.4, -0.2) is 36.1 Å². The van der Waals surface area contributed by atoms with Crippen molar-refractivity contribution in [1.29, 1.82) is 0 Å². The quantitative estimate of drug-likeness (QED) is 0.716. The van der Waals surface area contributed by atoms with E-state index in [9.17, 15) is 0 Å². The summed E-state index contributed by atoms with van der Waals surface area (Å²) in [5.74, 6) is 0. The van der Waals surface area contributed by atoms with Crippen LogP contribution in [0.15, 0.2) is 28.9 Å². The molecule has 3 nitrogen and oxygen atoms in total. The molecule has 1 fully saturated rings. The van der Waals surface area contributed by atoms with Gasteiger partial charge in [0.1, 0.15) is 0 Å². The summed E-state index contributed by atoms with van der Waals surface area (Å²) in [5.41, 5.74) is 2.70. The molecule has 1 aromatic heterocycles. The van der Waals surface area contributed by atoms with Gasteiger partial charge in [-0.05, 0) is 30.2 Å². The van der Waals surface area contributed by atoms with Crippen LogP contribution in [0.4, 0.5) is 0 Å². The maximum absolute atomic E-state index is 3.61. The molecule has 0 amide bonds. The fourth-order valence-electron chi connectivity index (χ4n) is 3.32. The van der Waals surface area contributed by atoms with Crippen LogP contribution < -0.4 is 5.32 Å². The Hall–Kier alpha value is -0.260. The zero-order valence-corrected chi connectivity index (χ0v) is 16.7. The predicted molar refractivity (Wildman–Crippen MR) is 107 cm³/mol. The van der Waals surface area contributed by atoms with Gasteiger partial charge in [0.25, 0.3) is 0 Å². The number of fused-ring (bicyclic) bond motifs is 1. The Morgan fingerprint density at radius 1 is 1.22 bits per heavy atom. The number of nitrogens with zero attached hydrogens (tertiary/aromatic N) is 1. The highest BCUT2D eigenvalue weighted by atomic mass is 79.9. The maximum Gasteiger partial charge on any atom is 0.0458 e. The van der Waals surface area contributed by atoms with Gasteiger partial charge < -0.3 is 10.3 Å². The number of halogens is 3. The minimum Gasteiger partial charge on any atom is -0.361 e. The van der Waals surface area contributed by atoms with Gasteiger partial charge in [-0.25, -0.2) is 0 Å². The lowest BCUT2D eigenvalue weighted by atomic mass is 9.98. The van der Waals surface area contributed by atoms with Crippen LogP contribution in [0.3, 0.4) is 0 Å². The molecule has 0 spiro atoms. The van der Waals surface area contributed by atoms with Crippen LogP contribution in [0.25, 0.3) is 10.9 Å². The molecular weight excluding hydrogens is 397 g/mol. The molecule has 130 valence electrons. The van der Waals surface area contributed by atoms with Crippen LogP contribution in [0, 0.1) is 0 Å². The van der Waals surface area contributed by atoms with Crippen molar-refractivity contribution in [1.82, 2.24) is 15.2 Å². The number of hydrogen-bond donors (Lipinski definition) is 2. The molecule has 0 bridgehead atoms. The van der Waals surface area contributed by atoms with Crippen molar-refractivity contribution in [2.45, 2.75) is 32.2 Å². The largest absolute Gasteiger partial charge is 0.361 e. The zero-order chi connectivity index (χ0) is 14.7. The molecule has 2 heterocycles. The summed E-state index contributed by atoms with van der Waals surface area (Å²) in [5, 5.41) is 4.83. The molecule has 1 aromatic carbocycles. The summed E-state index contributed by atoms with van der Waals surface area (Å²) in [6.07, 6.45) is 6.01. The minimum atomic E-state index is 0. The lowest BCUT2D eigenvalue weighted by molar-refractivity contribution is 0.164. The van der Waals surface area contributed by atoms with E-state index in [0.29, 0.717) is 6.04 Å². The highest BCUT2D eigenvalue weighted by molar-refractivity contribution is 9.10. The smallest absolute Gasteiger partial charge is 0.0458 e. The Morgan fingerprint density at radius 2 is 1.96 bits per heavy atom. The van der Waals surface area contributed by atoms with Crippen molar-refractivity contribution in [2.75, 3.05) is 26.2 Å². The van der Waals surface area contributed by atoms with Gasteiger partial charge in [-0.2, -0.15) is 0 Å². The van der Waals surface area contributed by atoms with Crippen molar-refractivity contribution >= 4 is 51.6 Å². The second kappa shape index (κ2) is 9.90. The third-order valence-electron chi connectivity index (χ3n) is 4.46. The van der Waals surface area contributed by atoms with Gasteiger partial charge in [-0.3, -0.25) is 4.90 Å². The fraction of sp³-hybridized carbons (Fsp3) is 0.529. The predicted octanol–water partition coefficient (Wildman–Crippen LogP) is 4.91. The van der Waals surface area contributed by atoms with Gasteiger partial charge in [-0.1, -0.05) is 35.7 Å². The van der Waals surface area contributed by atoms with E-state index in [-0.39, 0.29) is 24.8 Å². The van der Waals surface area contributed by atoms with Crippen LogP contribution in [0.2, 0.25) is 0 Å². The topological polar surface area (TPSA) is 31.1 Å². The van der Waals surface area contributed by atoms with E-state index in [1.54, 1.807) is 0 Å². The number of H-pyrrole nitrogens is 1. The average molecular weight is 423 g/mol. The molecule has 2 N–H and O–H groups in total. The second-order valence-corrected chi connectivity index (χ2v) is 6.79. The number of rotatable bonds is 5. The van der Waals surface area contributed by atoms with E-state index in [4.69, 9.17) is 0 Å². The Kier molecular flexibility index (Phi) is 8.94. The SMILES string of the molecule is CCCC[C@@H](c1c[nH]c2ccc(Br)cc12)N1CCNCC1.Cl.Cl. The Balaban J connectivity index is 0.00000132. The monoisotopic (exact) mass is 421 g/mol. The summed E-state index contributed by atoms with van der Waals surface area (Å²) >= 11 is 3.61. The average Bonchev–Trinajstić information content (AvgIpc) is 2.92. The number of nitrogens with one attached hydrogen (secondary N) is 2. The van der Waals surface area contributed by atoms with E-state index in [0.717, 1.165) is 30.7 Å². The fourth-order valence-corrected chi connectivity index (χ4v) is 3.68. The molecule has 1 saturated heterocycles. The molecule has 0 aliphatic carbocycles. The van der Waals surface area contributed by atoms with Gasteiger partial charge in [0, 0.05) is 53.8 Å². The van der Waals surface area contributed by atoms with Crippen molar-refractivity contribution in [3.05, 3.63) is 34.4 Å². The molecular formula is C17H26BrCl2N3. The Morgan fingerprint density at radius 3 is 2.65 bits per heavy atom. The van der Waals surface area contributed by atoms with Crippen LogP contribution in [0.1, 0.15) is 37.8 Å². The molecule has 0 saturated carbocycles. The number of unbranched alkanes of at least 4 members (excludes halogenated alkanes) is 1. The first-order valence-corrected chi connectivity index (χ1v) is 8.80. The van der Waals surface area contributed by atoms with Crippen molar-refractivity contribution in [3.8, 4) is 0 Å². The Labute approximate surface area is 159 Å². The van der Waals surface area contributed by atoms with E-state index in [1.165, 1.54) is 35.7 Å². The summed E-state index contributed by atoms with van der Waals surface area (Å²) < 4.78 is 1.16. The number of hydrogen-bond acceptors (Lipinski definition) is 2. The second-order valence-electron chi connectivity index (χ2n) is 5.88. The first kappa shape index (κ1) is 20.8. The van der Waals surface area contributed by atoms with Gasteiger partial charge in [-0.15, -0.1) is 24.8 Å². The van der Waals surface area contributed by atoms with Crippen molar-refractivity contribution < 1.29 is 0 Å². The molecule has 1 atom stereocenters. The lowest BCUT2D eigenvalue weighted by Crippen LogP contribution is -2.45. The van der Waals surface area contributed by atoms with E-state index < -0.39 is 0 Å². The molecule has 2 aromatic rings. The lowest BCUT2D eigenvalue weighted by Gasteiger charge is -2.35. The highest BCUT2D eigenvalue weighted by Gasteiger charge is 2.24. The maximum atomic E-state index is 3.61. The standard InChI is InChI=1S/C17H24BrN3.2ClH/c1-2-3-4-17(21-9-7-19-8-10-21)15-12-20-16-6-5-13(18)11-14(15)16;;/h5-6,11-12,17,19-20H,2-4,7-10H2,1H3;2*1H/t17-;;/m0../s1. The van der Waals surface area contributed by atoms with E-state index in [1.807, 2.05) is 0 Å². The van der Waals surface area contributed by atoms with Crippen molar-refractivity contribution in [3.63, 3.8) is 0 Å². The van der Waals surface area contributed by atoms with Gasteiger partial charge >= 0.3 is 0 Å². The number of aromatic nitrogens is 1. The van der Waals surface area contributed by atoms with Crippen molar-refractivity contribution in [2.24, 2.45) is 0 Å². The summed E-state index contributed by atoms with van der Waals surface area (Å²) in [7, 11) is 0. The van der Waals surface area contributed by atoms with E-state index >= 15 is 0 Å². The summed E-state index contributed by atoms with van der Waals surface area (Å²) in [4.78, 5) is 6.10. The van der Waals surface area contributed by atoms with Crippen LogP contribution in [0.5, 0.6) is 0 Å². The first-order chi connectivity index (χ1) is 10.3. The van der Waals surface area contributed by atoms with Crippen LogP contribution in [-0.2, 0) is 0 Å². The Bertz CT molecular complexity index is 597. The molecule has 23 heavy (non-hydrogen) atoms. The molecule has 1 aliphatic heterocycles. The number of aromatic amines is 1. The molecule has 0 unspecified atom stereocenters. The number of benzene rings is 1. The third-order valence-corrected chi connectivity index (χ3v) is 4.95. The summed E-state index contributed by atoms with van der Waals surface area (Å²) in [6, 6.07) is 7.06. The third kappa shape index (κ3) is 4.86. The van der Waals surface area contributed by atoms with E-state index in [2.05, 4.69) is 62.5 Å². The first-order valence-electron chi connectivity index (χ1n) is 8.01. The summed E-state index contributed by atoms with van der Waals surface area (Å²) in [6.45, 7) is 6.79. The molecule has 1 aliphatic rings.